The number of carbonyl (C=O) groups is 1. The summed E-state index contributed by atoms with van der Waals surface area (Å²) in [4.78, 5) is 11.9. The van der Waals surface area contributed by atoms with Gasteiger partial charge in [-0.1, -0.05) is 57.2 Å². The van der Waals surface area contributed by atoms with Crippen LogP contribution in [0.2, 0.25) is 0 Å². The molecule has 2 rings (SSSR count). The first kappa shape index (κ1) is 24.9. The number of esters is 1. The summed E-state index contributed by atoms with van der Waals surface area (Å²) in [6.07, 6.45) is -4.59. The average Bonchev–Trinajstić information content (AvgIpc) is 2.65. The number of hydrogen-bond acceptors (Lipinski definition) is 4. The van der Waals surface area contributed by atoms with Gasteiger partial charge >= 0.3 is 12.1 Å². The van der Waals surface area contributed by atoms with Crippen LogP contribution in [0.1, 0.15) is 39.2 Å². The summed E-state index contributed by atoms with van der Waals surface area (Å²) in [5.74, 6) is -1.52. The number of rotatable bonds is 8. The average molecular weight is 457 g/mol. The van der Waals surface area contributed by atoms with Crippen molar-refractivity contribution in [2.24, 2.45) is 5.41 Å². The lowest BCUT2D eigenvalue weighted by Crippen LogP contribution is -2.23. The van der Waals surface area contributed by atoms with Crippen molar-refractivity contribution in [3.05, 3.63) is 54.1 Å². The third-order valence-corrected chi connectivity index (χ3v) is 6.01. The van der Waals surface area contributed by atoms with Crippen LogP contribution >= 0.6 is 0 Å². The van der Waals surface area contributed by atoms with Crippen molar-refractivity contribution < 1.29 is 31.1 Å². The second kappa shape index (κ2) is 9.85. The van der Waals surface area contributed by atoms with Crippen LogP contribution in [-0.2, 0) is 25.8 Å². The van der Waals surface area contributed by atoms with Crippen molar-refractivity contribution in [2.75, 3.05) is 12.4 Å². The summed E-state index contributed by atoms with van der Waals surface area (Å²) in [7, 11) is -3.82. The van der Waals surface area contributed by atoms with Gasteiger partial charge < -0.3 is 4.74 Å². The molecule has 0 N–H and O–H groups in total. The molecule has 0 heterocycles. The molecule has 0 aliphatic carbocycles. The lowest BCUT2D eigenvalue weighted by Gasteiger charge is -2.17. The molecule has 0 unspecified atom stereocenters. The quantitative estimate of drug-likeness (QED) is 0.485. The van der Waals surface area contributed by atoms with Crippen LogP contribution in [0.3, 0.4) is 0 Å². The van der Waals surface area contributed by atoms with Gasteiger partial charge in [-0.15, -0.1) is 0 Å². The number of benzene rings is 2. The first-order valence-electron chi connectivity index (χ1n) is 9.90. The fourth-order valence-electron chi connectivity index (χ4n) is 2.79. The summed E-state index contributed by atoms with van der Waals surface area (Å²) in [6.45, 7) is 5.76. The third-order valence-electron chi connectivity index (χ3n) is 4.40. The van der Waals surface area contributed by atoms with Crippen LogP contribution in [0.5, 0.6) is 0 Å². The van der Waals surface area contributed by atoms with Crippen molar-refractivity contribution in [3.8, 4) is 11.1 Å². The smallest absolute Gasteiger partial charge is 0.389 e. The molecule has 0 amide bonds. The van der Waals surface area contributed by atoms with E-state index >= 15 is 0 Å². The van der Waals surface area contributed by atoms with Crippen LogP contribution in [0.25, 0.3) is 11.1 Å². The topological polar surface area (TPSA) is 60.4 Å². The number of sulfone groups is 1. The molecule has 0 saturated heterocycles. The number of alkyl halides is 3. The zero-order valence-corrected chi connectivity index (χ0v) is 18.6. The summed E-state index contributed by atoms with van der Waals surface area (Å²) in [6, 6.07) is 13.2. The van der Waals surface area contributed by atoms with Crippen LogP contribution in [0.15, 0.2) is 53.4 Å². The highest BCUT2D eigenvalue weighted by Gasteiger charge is 2.26. The summed E-state index contributed by atoms with van der Waals surface area (Å²) in [5.41, 5.74) is 2.12. The number of hydrogen-bond donors (Lipinski definition) is 0. The van der Waals surface area contributed by atoms with Gasteiger partial charge in [-0.2, -0.15) is 13.2 Å². The Balaban J connectivity index is 2.00. The highest BCUT2D eigenvalue weighted by Crippen LogP contribution is 2.25. The van der Waals surface area contributed by atoms with Crippen LogP contribution in [-0.4, -0.2) is 32.9 Å². The normalized spacial score (nSPS) is 12.6. The fraction of sp³-hybridized carbons (Fsp3) is 0.435. The molecule has 0 aliphatic heterocycles. The van der Waals surface area contributed by atoms with Gasteiger partial charge in [0, 0.05) is 6.42 Å². The lowest BCUT2D eigenvalue weighted by molar-refractivity contribution is -0.143. The molecule has 0 aromatic heterocycles. The zero-order valence-electron chi connectivity index (χ0n) is 17.8. The molecule has 0 saturated carbocycles. The van der Waals surface area contributed by atoms with E-state index in [2.05, 4.69) is 0 Å². The van der Waals surface area contributed by atoms with Crippen molar-refractivity contribution in [3.63, 3.8) is 0 Å². The fourth-order valence-corrected chi connectivity index (χ4v) is 3.90. The Kier molecular flexibility index (Phi) is 7.92. The maximum Gasteiger partial charge on any atom is 0.389 e. The van der Waals surface area contributed by atoms with Crippen LogP contribution in [0, 0.1) is 5.41 Å². The Bertz CT molecular complexity index is 971. The highest BCUT2D eigenvalue weighted by molar-refractivity contribution is 7.92. The van der Waals surface area contributed by atoms with E-state index in [0.29, 0.717) is 6.42 Å². The van der Waals surface area contributed by atoms with Crippen LogP contribution in [0.4, 0.5) is 13.2 Å². The molecular formula is C23H27F3O4S. The van der Waals surface area contributed by atoms with Crippen molar-refractivity contribution in [1.82, 2.24) is 0 Å². The molecule has 0 fully saturated rings. The molecule has 0 atom stereocenters. The predicted molar refractivity (Wildman–Crippen MR) is 113 cm³/mol. The summed E-state index contributed by atoms with van der Waals surface area (Å²) >= 11 is 0. The maximum atomic E-state index is 12.4. The Morgan fingerprint density at radius 2 is 1.42 bits per heavy atom. The molecule has 0 bridgehead atoms. The number of aryl methyl sites for hydroxylation is 1. The van der Waals surface area contributed by atoms with Crippen LogP contribution < -0.4 is 0 Å². The Labute approximate surface area is 181 Å². The number of carbonyl (C=O) groups excluding carboxylic acids is 1. The van der Waals surface area contributed by atoms with E-state index in [1.165, 1.54) is 12.1 Å². The third kappa shape index (κ3) is 8.73. The molecule has 2 aromatic rings. The maximum absolute atomic E-state index is 12.4. The number of ether oxygens (including phenoxy) is 1. The summed E-state index contributed by atoms with van der Waals surface area (Å²) < 4.78 is 66.7. The first-order chi connectivity index (χ1) is 14.3. The van der Waals surface area contributed by atoms with Crippen molar-refractivity contribution in [1.29, 1.82) is 0 Å². The van der Waals surface area contributed by atoms with Crippen molar-refractivity contribution in [2.45, 2.75) is 51.1 Å². The first-order valence-corrected chi connectivity index (χ1v) is 11.5. The summed E-state index contributed by atoms with van der Waals surface area (Å²) in [5, 5.41) is 0. The van der Waals surface area contributed by atoms with E-state index in [1.54, 1.807) is 36.4 Å². The SMILES string of the molecule is CC(C)(C)COC(=O)CS(=O)(=O)c1ccc(-c2ccc(CCCC(F)(F)F)cc2)cc1. The molecule has 0 aliphatic rings. The molecule has 8 heteroatoms. The molecular weight excluding hydrogens is 429 g/mol. The van der Waals surface area contributed by atoms with Gasteiger partial charge in [0.25, 0.3) is 0 Å². The molecule has 0 spiro atoms. The molecule has 2 aromatic carbocycles. The standard InChI is InChI=1S/C23H27F3O4S/c1-22(2,3)16-30-21(27)15-31(28,29)20-12-10-19(11-13-20)18-8-6-17(7-9-18)5-4-14-23(24,25)26/h6-13H,4-5,14-16H2,1-3H3. The second-order valence-electron chi connectivity index (χ2n) is 8.67. The van der Waals surface area contributed by atoms with Gasteiger partial charge in [0.1, 0.15) is 0 Å². The molecule has 0 radical (unpaired) electrons. The minimum Gasteiger partial charge on any atom is -0.464 e. The van der Waals surface area contributed by atoms with Crippen molar-refractivity contribution >= 4 is 15.8 Å². The Morgan fingerprint density at radius 1 is 0.903 bits per heavy atom. The molecule has 170 valence electrons. The largest absolute Gasteiger partial charge is 0.464 e. The van der Waals surface area contributed by atoms with E-state index < -0.39 is 34.2 Å². The van der Waals surface area contributed by atoms with E-state index in [1.807, 2.05) is 20.8 Å². The van der Waals surface area contributed by atoms with E-state index in [9.17, 15) is 26.4 Å². The van der Waals surface area contributed by atoms with E-state index in [4.69, 9.17) is 4.74 Å². The lowest BCUT2D eigenvalue weighted by atomic mass is 9.99. The number of halogens is 3. The van der Waals surface area contributed by atoms with E-state index in [-0.39, 0.29) is 23.3 Å². The zero-order chi connectivity index (χ0) is 23.3. The molecule has 4 nitrogen and oxygen atoms in total. The predicted octanol–water partition coefficient (Wildman–Crippen LogP) is 5.60. The Hall–Kier alpha value is -2.35. The monoisotopic (exact) mass is 456 g/mol. The minimum atomic E-state index is -4.15. The second-order valence-corrected chi connectivity index (χ2v) is 10.7. The van der Waals surface area contributed by atoms with Gasteiger partial charge in [0.15, 0.2) is 15.6 Å². The highest BCUT2D eigenvalue weighted by atomic mass is 32.2. The van der Waals surface area contributed by atoms with Gasteiger partial charge in [0.2, 0.25) is 0 Å². The van der Waals surface area contributed by atoms with Gasteiger partial charge in [-0.25, -0.2) is 8.42 Å². The Morgan fingerprint density at radius 3 is 1.90 bits per heavy atom. The van der Waals surface area contributed by atoms with Gasteiger partial charge in [0.05, 0.1) is 11.5 Å². The minimum absolute atomic E-state index is 0.0210. The molecule has 31 heavy (non-hydrogen) atoms. The van der Waals surface area contributed by atoms with Gasteiger partial charge in [-0.3, -0.25) is 4.79 Å². The van der Waals surface area contributed by atoms with Gasteiger partial charge in [-0.05, 0) is 47.1 Å². The van der Waals surface area contributed by atoms with E-state index in [0.717, 1.165) is 16.7 Å².